The van der Waals surface area contributed by atoms with Crippen LogP contribution in [0.4, 0.5) is 0 Å². The molecule has 0 spiro atoms. The summed E-state index contributed by atoms with van der Waals surface area (Å²) in [7, 11) is -2.81. The molecular formula is C18H22N3O9P. The maximum atomic E-state index is 13.1. The highest BCUT2D eigenvalue weighted by Crippen LogP contribution is 2.44. The number of aryl methyl sites for hydroxylation is 1. The number of para-hydroxylation sites is 1. The van der Waals surface area contributed by atoms with E-state index in [1.54, 1.807) is 37.3 Å². The topological polar surface area (TPSA) is 147 Å². The van der Waals surface area contributed by atoms with Gasteiger partial charge in [-0.05, 0) is 19.1 Å². The van der Waals surface area contributed by atoms with Crippen molar-refractivity contribution in [2.75, 3.05) is 26.9 Å². The number of aromatic amines is 1. The summed E-state index contributed by atoms with van der Waals surface area (Å²) in [6.45, 7) is 0.807. The van der Waals surface area contributed by atoms with Crippen molar-refractivity contribution in [1.29, 1.82) is 0 Å². The Kier molecular flexibility index (Phi) is 7.42. The molecule has 1 aliphatic rings. The monoisotopic (exact) mass is 455 g/mol. The average Bonchev–Trinajstić information content (AvgIpc) is 3.23. The second kappa shape index (κ2) is 10.0. The summed E-state index contributed by atoms with van der Waals surface area (Å²) in [6, 6.07) is 8.25. The number of aromatic nitrogens is 2. The zero-order valence-corrected chi connectivity index (χ0v) is 17.7. The van der Waals surface area contributed by atoms with Crippen LogP contribution in [-0.2, 0) is 28.1 Å². The zero-order valence-electron chi connectivity index (χ0n) is 16.8. The lowest BCUT2D eigenvalue weighted by Gasteiger charge is -2.21. The Morgan fingerprint density at radius 3 is 2.77 bits per heavy atom. The summed E-state index contributed by atoms with van der Waals surface area (Å²) < 4.78 is 40.7. The lowest BCUT2D eigenvalue weighted by Crippen LogP contribution is -2.34. The largest absolute Gasteiger partial charge is 0.468 e. The van der Waals surface area contributed by atoms with E-state index in [1.165, 1.54) is 17.9 Å². The summed E-state index contributed by atoms with van der Waals surface area (Å²) in [5.74, 6) is -0.411. The zero-order chi connectivity index (χ0) is 22.4. The molecule has 1 aromatic carbocycles. The first-order valence-corrected chi connectivity index (χ1v) is 10.7. The third-order valence-electron chi connectivity index (χ3n) is 4.18. The molecule has 3 rings (SSSR count). The number of esters is 1. The van der Waals surface area contributed by atoms with E-state index in [1.807, 2.05) is 0 Å². The number of nitrogens with zero attached hydrogens (tertiary/aromatic N) is 1. The van der Waals surface area contributed by atoms with Gasteiger partial charge in [0.2, 0.25) is 0 Å². The van der Waals surface area contributed by atoms with Crippen molar-refractivity contribution in [2.24, 2.45) is 0 Å². The molecule has 2 heterocycles. The number of ether oxygens (including phenoxy) is 3. The van der Waals surface area contributed by atoms with Crippen LogP contribution in [-0.4, -0.2) is 48.7 Å². The van der Waals surface area contributed by atoms with E-state index in [-0.39, 0.29) is 19.0 Å². The maximum Gasteiger partial charge on any atom is 0.459 e. The van der Waals surface area contributed by atoms with Gasteiger partial charge in [-0.3, -0.25) is 23.7 Å². The number of benzene rings is 1. The highest BCUT2D eigenvalue weighted by molar-refractivity contribution is 7.52. The lowest BCUT2D eigenvalue weighted by molar-refractivity contribution is -0.139. The maximum absolute atomic E-state index is 13.1. The Morgan fingerprint density at radius 1 is 1.32 bits per heavy atom. The van der Waals surface area contributed by atoms with Crippen molar-refractivity contribution in [3.63, 3.8) is 0 Å². The van der Waals surface area contributed by atoms with E-state index in [2.05, 4.69) is 14.8 Å². The van der Waals surface area contributed by atoms with Crippen molar-refractivity contribution in [2.45, 2.75) is 19.4 Å². The molecular weight excluding hydrogens is 433 g/mol. The molecule has 1 aliphatic heterocycles. The van der Waals surface area contributed by atoms with Crippen LogP contribution in [0.25, 0.3) is 0 Å². The minimum Gasteiger partial charge on any atom is -0.468 e. The minimum absolute atomic E-state index is 0.00114. The van der Waals surface area contributed by atoms with E-state index < -0.39 is 44.0 Å². The Balaban J connectivity index is 1.65. The average molecular weight is 455 g/mol. The van der Waals surface area contributed by atoms with Crippen molar-refractivity contribution in [3.8, 4) is 5.75 Å². The van der Waals surface area contributed by atoms with E-state index in [0.717, 1.165) is 0 Å². The first-order valence-electron chi connectivity index (χ1n) is 9.20. The van der Waals surface area contributed by atoms with Crippen molar-refractivity contribution in [1.82, 2.24) is 14.6 Å². The number of hydrogen-bond donors (Lipinski definition) is 2. The molecule has 0 aliphatic carbocycles. The number of H-pyrrole nitrogens is 1. The Labute approximate surface area is 176 Å². The van der Waals surface area contributed by atoms with Gasteiger partial charge in [-0.25, -0.2) is 14.4 Å². The van der Waals surface area contributed by atoms with Gasteiger partial charge in [-0.2, -0.15) is 0 Å². The highest BCUT2D eigenvalue weighted by Gasteiger charge is 2.34. The summed E-state index contributed by atoms with van der Waals surface area (Å²) in [6.07, 6.45) is -0.425. The van der Waals surface area contributed by atoms with E-state index in [9.17, 15) is 18.9 Å². The molecule has 1 saturated heterocycles. The smallest absolute Gasteiger partial charge is 0.459 e. The second-order valence-corrected chi connectivity index (χ2v) is 8.19. The van der Waals surface area contributed by atoms with Gasteiger partial charge in [-0.15, -0.1) is 0 Å². The summed E-state index contributed by atoms with van der Waals surface area (Å²) in [5.41, 5.74) is -0.810. The van der Waals surface area contributed by atoms with Gasteiger partial charge in [0.1, 0.15) is 18.9 Å². The van der Waals surface area contributed by atoms with Crippen LogP contribution in [0.2, 0.25) is 0 Å². The molecule has 168 valence electrons. The summed E-state index contributed by atoms with van der Waals surface area (Å²) in [5, 5.41) is 2.42. The Morgan fingerprint density at radius 2 is 2.06 bits per heavy atom. The van der Waals surface area contributed by atoms with E-state index in [0.29, 0.717) is 5.56 Å². The van der Waals surface area contributed by atoms with Crippen molar-refractivity contribution < 1.29 is 32.6 Å². The first kappa shape index (κ1) is 22.9. The number of methoxy groups -OCH3 is 1. The fourth-order valence-corrected chi connectivity index (χ4v) is 3.84. The highest BCUT2D eigenvalue weighted by atomic mass is 31.2. The van der Waals surface area contributed by atoms with Crippen LogP contribution in [0.15, 0.2) is 46.1 Å². The molecule has 31 heavy (non-hydrogen) atoms. The van der Waals surface area contributed by atoms with Gasteiger partial charge < -0.3 is 18.7 Å². The van der Waals surface area contributed by atoms with Crippen molar-refractivity contribution >= 4 is 13.7 Å². The van der Waals surface area contributed by atoms with Gasteiger partial charge in [0, 0.05) is 11.8 Å². The molecule has 0 bridgehead atoms. The number of rotatable bonds is 9. The van der Waals surface area contributed by atoms with Crippen LogP contribution >= 0.6 is 7.75 Å². The lowest BCUT2D eigenvalue weighted by atomic mass is 10.3. The fourth-order valence-electron chi connectivity index (χ4n) is 2.59. The second-order valence-electron chi connectivity index (χ2n) is 6.44. The molecule has 0 amide bonds. The van der Waals surface area contributed by atoms with E-state index in [4.69, 9.17) is 18.5 Å². The van der Waals surface area contributed by atoms with Crippen LogP contribution in [0.3, 0.4) is 0 Å². The fraction of sp³-hybridized carbons (Fsp3) is 0.389. The van der Waals surface area contributed by atoms with Crippen LogP contribution < -0.4 is 20.9 Å². The molecule has 1 aromatic heterocycles. The molecule has 1 fully saturated rings. The number of carbonyl (C=O) groups is 1. The third-order valence-corrected chi connectivity index (χ3v) is 5.67. The number of carbonyl (C=O) groups excluding carboxylic acids is 1. The predicted octanol–water partition coefficient (Wildman–Crippen LogP) is 0.683. The van der Waals surface area contributed by atoms with Gasteiger partial charge in [-0.1, -0.05) is 18.2 Å². The molecule has 0 radical (unpaired) electrons. The molecule has 0 saturated carbocycles. The standard InChI is InChI=1S/C18H22N3O9P/c1-12-9-21(18(24)20-17(12)23)14-10-27-16(29-14)11-28-31(25,19-8-15(22)26-2)30-13-6-4-3-5-7-13/h3-7,9,14,16H,8,10-11H2,1-2H3,(H,19,25)(H,20,23,24)/t14-,16-,31?/m1/s1. The van der Waals surface area contributed by atoms with Gasteiger partial charge in [0.25, 0.3) is 5.56 Å². The molecule has 2 aromatic rings. The molecule has 13 heteroatoms. The first-order chi connectivity index (χ1) is 14.8. The quantitative estimate of drug-likeness (QED) is 0.409. The summed E-state index contributed by atoms with van der Waals surface area (Å²) >= 11 is 0. The molecule has 3 atom stereocenters. The van der Waals surface area contributed by atoms with Crippen LogP contribution in [0, 0.1) is 6.92 Å². The van der Waals surface area contributed by atoms with Gasteiger partial charge in [0.15, 0.2) is 12.5 Å². The molecule has 2 N–H and O–H groups in total. The summed E-state index contributed by atoms with van der Waals surface area (Å²) in [4.78, 5) is 37.1. The molecule has 12 nitrogen and oxygen atoms in total. The van der Waals surface area contributed by atoms with Gasteiger partial charge >= 0.3 is 19.4 Å². The number of nitrogens with one attached hydrogen (secondary N) is 2. The van der Waals surface area contributed by atoms with Crippen molar-refractivity contribution in [3.05, 3.63) is 62.9 Å². The SMILES string of the molecule is COC(=O)CNP(=O)(OC[C@@H]1OC[C@H](n2cc(C)c(=O)[nH]c2=O)O1)Oc1ccccc1. The van der Waals surface area contributed by atoms with Gasteiger partial charge in [0.05, 0.1) is 13.7 Å². The molecule has 1 unspecified atom stereocenters. The normalized spacial score (nSPS) is 20.2. The van der Waals surface area contributed by atoms with E-state index >= 15 is 0 Å². The Bertz CT molecular complexity index is 1070. The predicted molar refractivity (Wildman–Crippen MR) is 107 cm³/mol. The third kappa shape index (κ3) is 6.12. The minimum atomic E-state index is -4.00. The Hall–Kier alpha value is -2.76. The number of hydrogen-bond acceptors (Lipinski definition) is 9. The van der Waals surface area contributed by atoms with Crippen LogP contribution in [0.5, 0.6) is 5.75 Å². The van der Waals surface area contributed by atoms with Crippen LogP contribution in [0.1, 0.15) is 11.8 Å².